The molecule has 0 spiro atoms. The first-order valence-corrected chi connectivity index (χ1v) is 6.88. The zero-order valence-electron chi connectivity index (χ0n) is 11.4. The molecule has 0 aliphatic heterocycles. The third-order valence-corrected chi connectivity index (χ3v) is 3.35. The number of hydrogen-bond donors (Lipinski definition) is 1. The summed E-state index contributed by atoms with van der Waals surface area (Å²) < 4.78 is 14.9. The largest absolute Gasteiger partial charge is 0.383 e. The van der Waals surface area contributed by atoms with E-state index in [4.69, 9.17) is 4.74 Å². The summed E-state index contributed by atoms with van der Waals surface area (Å²) in [4.78, 5) is 11.8. The molecule has 0 aliphatic carbocycles. The van der Waals surface area contributed by atoms with Crippen LogP contribution in [0.5, 0.6) is 0 Å². The minimum absolute atomic E-state index is 0.209. The van der Waals surface area contributed by atoms with Crippen LogP contribution in [0.4, 0.5) is 0 Å². The highest BCUT2D eigenvalue weighted by atomic mass is 32.1. The molecule has 0 radical (unpaired) electrons. The van der Waals surface area contributed by atoms with E-state index in [1.165, 1.54) is 0 Å². The number of carbonyl (C=O) groups excluding carboxylic acids is 1. The van der Waals surface area contributed by atoms with Crippen LogP contribution in [0.25, 0.3) is 0 Å². The van der Waals surface area contributed by atoms with Crippen LogP contribution in [0.3, 0.4) is 0 Å². The highest BCUT2D eigenvalue weighted by molar-refractivity contribution is 6.99. The Labute approximate surface area is 120 Å². The predicted octanol–water partition coefficient (Wildman–Crippen LogP) is 0.0569. The van der Waals surface area contributed by atoms with Crippen molar-refractivity contribution < 1.29 is 9.53 Å². The molecule has 8 nitrogen and oxygen atoms in total. The average molecular weight is 296 g/mol. The maximum absolute atomic E-state index is 11.8. The van der Waals surface area contributed by atoms with Gasteiger partial charge in [0, 0.05) is 26.6 Å². The summed E-state index contributed by atoms with van der Waals surface area (Å²) in [6, 6.07) is 0. The van der Waals surface area contributed by atoms with E-state index >= 15 is 0 Å². The van der Waals surface area contributed by atoms with Gasteiger partial charge in [-0.3, -0.25) is 4.79 Å². The first kappa shape index (κ1) is 14.5. The fourth-order valence-corrected chi connectivity index (χ4v) is 2.20. The van der Waals surface area contributed by atoms with Crippen LogP contribution in [0.2, 0.25) is 0 Å². The second kappa shape index (κ2) is 7.06. The fraction of sp³-hybridized carbons (Fsp3) is 0.545. The summed E-state index contributed by atoms with van der Waals surface area (Å²) in [6.45, 7) is 3.53. The number of amides is 1. The molecular formula is C11H16N6O2S. The van der Waals surface area contributed by atoms with Crippen LogP contribution in [-0.4, -0.2) is 49.7 Å². The highest BCUT2D eigenvalue weighted by Gasteiger charge is 2.13. The molecule has 0 fully saturated rings. The van der Waals surface area contributed by atoms with Crippen molar-refractivity contribution in [2.24, 2.45) is 0 Å². The van der Waals surface area contributed by atoms with E-state index in [-0.39, 0.29) is 5.91 Å². The lowest BCUT2D eigenvalue weighted by Gasteiger charge is -2.06. The normalized spacial score (nSPS) is 10.7. The number of methoxy groups -OCH3 is 1. The van der Waals surface area contributed by atoms with Crippen molar-refractivity contribution >= 4 is 17.6 Å². The lowest BCUT2D eigenvalue weighted by atomic mass is 10.3. The van der Waals surface area contributed by atoms with Crippen LogP contribution >= 0.6 is 11.7 Å². The molecule has 108 valence electrons. The van der Waals surface area contributed by atoms with Gasteiger partial charge in [0.15, 0.2) is 5.69 Å². The number of nitrogens with zero attached hydrogens (tertiary/aromatic N) is 5. The Balaban J connectivity index is 1.83. The Morgan fingerprint density at radius 2 is 2.35 bits per heavy atom. The summed E-state index contributed by atoms with van der Waals surface area (Å²) in [7, 11) is 1.65. The van der Waals surface area contributed by atoms with Crippen LogP contribution in [-0.2, 0) is 17.7 Å². The molecule has 0 aliphatic rings. The Morgan fingerprint density at radius 3 is 3.05 bits per heavy atom. The van der Waals surface area contributed by atoms with E-state index in [0.717, 1.165) is 17.6 Å². The van der Waals surface area contributed by atoms with Gasteiger partial charge in [-0.2, -0.15) is 8.75 Å². The number of carbonyl (C=O) groups is 1. The zero-order chi connectivity index (χ0) is 14.4. The zero-order valence-corrected chi connectivity index (χ0v) is 12.2. The molecule has 2 heterocycles. The van der Waals surface area contributed by atoms with Gasteiger partial charge >= 0.3 is 0 Å². The Hall–Kier alpha value is -1.87. The highest BCUT2D eigenvalue weighted by Crippen LogP contribution is 2.03. The van der Waals surface area contributed by atoms with E-state index in [2.05, 4.69) is 24.3 Å². The molecule has 9 heteroatoms. The molecule has 2 aromatic rings. The SMILES string of the molecule is COCCn1cnnc1CCNC(=O)c1nsnc1C. The Bertz CT molecular complexity index is 567. The Kier molecular flexibility index (Phi) is 5.13. The number of rotatable bonds is 7. The van der Waals surface area contributed by atoms with Gasteiger partial charge in [-0.25, -0.2) is 0 Å². The topological polar surface area (TPSA) is 94.8 Å². The second-order valence-corrected chi connectivity index (χ2v) is 4.67. The summed E-state index contributed by atoms with van der Waals surface area (Å²) in [5, 5.41) is 10.7. The molecule has 20 heavy (non-hydrogen) atoms. The van der Waals surface area contributed by atoms with Crippen molar-refractivity contribution in [3.8, 4) is 0 Å². The van der Waals surface area contributed by atoms with Gasteiger partial charge in [0.2, 0.25) is 0 Å². The molecule has 2 aromatic heterocycles. The number of ether oxygens (including phenoxy) is 1. The fourth-order valence-electron chi connectivity index (χ4n) is 1.66. The minimum Gasteiger partial charge on any atom is -0.383 e. The van der Waals surface area contributed by atoms with Crippen LogP contribution in [0.1, 0.15) is 22.0 Å². The lowest BCUT2D eigenvalue weighted by Crippen LogP contribution is -2.27. The van der Waals surface area contributed by atoms with Gasteiger partial charge in [-0.1, -0.05) is 0 Å². The van der Waals surface area contributed by atoms with Crippen molar-refractivity contribution in [1.82, 2.24) is 28.8 Å². The maximum Gasteiger partial charge on any atom is 0.272 e. The standard InChI is InChI=1S/C11H16N6O2S/c1-8-10(16-20-15-8)11(18)12-4-3-9-14-13-7-17(9)5-6-19-2/h7H,3-6H2,1-2H3,(H,12,18). The second-order valence-electron chi connectivity index (χ2n) is 4.14. The molecular weight excluding hydrogens is 280 g/mol. The van der Waals surface area contributed by atoms with E-state index < -0.39 is 0 Å². The van der Waals surface area contributed by atoms with E-state index in [9.17, 15) is 4.79 Å². The van der Waals surface area contributed by atoms with Crippen molar-refractivity contribution in [3.05, 3.63) is 23.5 Å². The van der Waals surface area contributed by atoms with Crippen molar-refractivity contribution in [2.45, 2.75) is 19.9 Å². The molecule has 1 amide bonds. The van der Waals surface area contributed by atoms with Gasteiger partial charge in [0.1, 0.15) is 12.2 Å². The molecule has 0 bridgehead atoms. The van der Waals surface area contributed by atoms with Crippen molar-refractivity contribution in [1.29, 1.82) is 0 Å². The molecule has 0 aromatic carbocycles. The molecule has 2 rings (SSSR count). The molecule has 0 saturated heterocycles. The monoisotopic (exact) mass is 296 g/mol. The van der Waals surface area contributed by atoms with Crippen molar-refractivity contribution in [2.75, 3.05) is 20.3 Å². The van der Waals surface area contributed by atoms with Gasteiger partial charge in [0.05, 0.1) is 24.0 Å². The van der Waals surface area contributed by atoms with Gasteiger partial charge in [0.25, 0.3) is 5.91 Å². The van der Waals surface area contributed by atoms with Crippen molar-refractivity contribution in [3.63, 3.8) is 0 Å². The smallest absolute Gasteiger partial charge is 0.272 e. The van der Waals surface area contributed by atoms with Gasteiger partial charge in [-0.15, -0.1) is 10.2 Å². The van der Waals surface area contributed by atoms with Crippen LogP contribution in [0.15, 0.2) is 6.33 Å². The van der Waals surface area contributed by atoms with E-state index in [1.807, 2.05) is 4.57 Å². The summed E-state index contributed by atoms with van der Waals surface area (Å²) in [5.41, 5.74) is 1.03. The Morgan fingerprint density at radius 1 is 1.50 bits per heavy atom. The molecule has 0 saturated carbocycles. The van der Waals surface area contributed by atoms with Crippen LogP contribution < -0.4 is 5.32 Å². The number of hydrogen-bond acceptors (Lipinski definition) is 7. The third kappa shape index (κ3) is 3.58. The third-order valence-electron chi connectivity index (χ3n) is 2.73. The van der Waals surface area contributed by atoms with Crippen LogP contribution in [0, 0.1) is 6.92 Å². The minimum atomic E-state index is -0.209. The first-order valence-electron chi connectivity index (χ1n) is 6.15. The average Bonchev–Trinajstić information content (AvgIpc) is 3.05. The van der Waals surface area contributed by atoms with Gasteiger partial charge < -0.3 is 14.6 Å². The molecule has 0 atom stereocenters. The summed E-state index contributed by atoms with van der Waals surface area (Å²) in [6.07, 6.45) is 2.26. The summed E-state index contributed by atoms with van der Waals surface area (Å²) >= 11 is 1.04. The first-order chi connectivity index (χ1) is 9.72. The van der Waals surface area contributed by atoms with E-state index in [1.54, 1.807) is 20.4 Å². The molecule has 0 unspecified atom stereocenters. The molecule has 1 N–H and O–H groups in total. The predicted molar refractivity (Wildman–Crippen MR) is 72.6 cm³/mol. The van der Waals surface area contributed by atoms with Gasteiger partial charge in [-0.05, 0) is 6.92 Å². The number of aromatic nitrogens is 5. The van der Waals surface area contributed by atoms with E-state index in [0.29, 0.717) is 37.5 Å². The quantitative estimate of drug-likeness (QED) is 0.776. The maximum atomic E-state index is 11.8. The number of aryl methyl sites for hydroxylation is 1. The lowest BCUT2D eigenvalue weighted by molar-refractivity contribution is 0.0949. The summed E-state index contributed by atoms with van der Waals surface area (Å²) in [5.74, 6) is 0.606. The number of nitrogens with one attached hydrogen (secondary N) is 1.